The van der Waals surface area contributed by atoms with Gasteiger partial charge in [-0.15, -0.1) is 0 Å². The Morgan fingerprint density at radius 2 is 2.08 bits per heavy atom. The van der Waals surface area contributed by atoms with Crippen LogP contribution in [0.2, 0.25) is 0 Å². The van der Waals surface area contributed by atoms with Gasteiger partial charge in [0.25, 0.3) is 0 Å². The first-order valence-electron chi connectivity index (χ1n) is 8.86. The van der Waals surface area contributed by atoms with E-state index >= 15 is 0 Å². The number of halogens is 1. The Hall–Kier alpha value is -1.66. The van der Waals surface area contributed by atoms with E-state index in [0.717, 1.165) is 31.4 Å². The van der Waals surface area contributed by atoms with Gasteiger partial charge in [0.15, 0.2) is 0 Å². The Morgan fingerprint density at radius 3 is 2.75 bits per heavy atom. The van der Waals surface area contributed by atoms with E-state index < -0.39 is 0 Å². The molecule has 2 heterocycles. The molecule has 1 unspecified atom stereocenters. The van der Waals surface area contributed by atoms with Gasteiger partial charge >= 0.3 is 0 Å². The van der Waals surface area contributed by atoms with Crippen LogP contribution in [0.3, 0.4) is 0 Å². The standard InChI is InChI=1S/C18H26FN3O2/c19-15-11-13(12-21-18(24)16-3-1-2-8-20-16)4-5-17(15)22-9-6-14(23)7-10-22/h4-5,11,14,16,20,23H,1-3,6-10,12H2,(H,21,24). The summed E-state index contributed by atoms with van der Waals surface area (Å²) in [6.07, 6.45) is 4.12. The smallest absolute Gasteiger partial charge is 0.237 e. The summed E-state index contributed by atoms with van der Waals surface area (Å²) >= 11 is 0. The van der Waals surface area contributed by atoms with E-state index in [2.05, 4.69) is 10.6 Å². The molecule has 0 aliphatic carbocycles. The van der Waals surface area contributed by atoms with Crippen molar-refractivity contribution in [3.8, 4) is 0 Å². The monoisotopic (exact) mass is 335 g/mol. The molecule has 6 heteroatoms. The molecule has 5 nitrogen and oxygen atoms in total. The molecule has 0 saturated carbocycles. The Balaban J connectivity index is 1.55. The van der Waals surface area contributed by atoms with Gasteiger partial charge in [0.05, 0.1) is 17.8 Å². The molecular formula is C18H26FN3O2. The molecule has 1 amide bonds. The molecule has 0 radical (unpaired) electrons. The molecule has 2 saturated heterocycles. The lowest BCUT2D eigenvalue weighted by Gasteiger charge is -2.31. The van der Waals surface area contributed by atoms with Gasteiger partial charge in [-0.1, -0.05) is 12.5 Å². The van der Waals surface area contributed by atoms with E-state index in [9.17, 15) is 14.3 Å². The Morgan fingerprint density at radius 1 is 1.29 bits per heavy atom. The third-order valence-corrected chi connectivity index (χ3v) is 4.91. The highest BCUT2D eigenvalue weighted by Gasteiger charge is 2.21. The van der Waals surface area contributed by atoms with Crippen LogP contribution in [0.1, 0.15) is 37.7 Å². The van der Waals surface area contributed by atoms with Crippen LogP contribution in [0, 0.1) is 5.82 Å². The Labute approximate surface area is 142 Å². The number of aliphatic hydroxyl groups is 1. The third kappa shape index (κ3) is 4.24. The molecule has 3 N–H and O–H groups in total. The summed E-state index contributed by atoms with van der Waals surface area (Å²) in [5.74, 6) is -0.280. The van der Waals surface area contributed by atoms with E-state index in [4.69, 9.17) is 0 Å². The molecule has 2 fully saturated rings. The number of benzene rings is 1. The fraction of sp³-hybridized carbons (Fsp3) is 0.611. The van der Waals surface area contributed by atoms with E-state index in [0.29, 0.717) is 38.2 Å². The first kappa shape index (κ1) is 17.2. The summed E-state index contributed by atoms with van der Waals surface area (Å²) in [5, 5.41) is 15.6. The molecule has 1 aromatic carbocycles. The Bertz CT molecular complexity index is 567. The molecule has 0 aromatic heterocycles. The van der Waals surface area contributed by atoms with Crippen LogP contribution < -0.4 is 15.5 Å². The van der Waals surface area contributed by atoms with Gasteiger partial charge in [0, 0.05) is 19.6 Å². The predicted octanol–water partition coefficient (Wildman–Crippen LogP) is 1.55. The predicted molar refractivity (Wildman–Crippen MR) is 91.3 cm³/mol. The fourth-order valence-electron chi connectivity index (χ4n) is 3.41. The normalized spacial score (nSPS) is 22.4. The quantitative estimate of drug-likeness (QED) is 0.781. The van der Waals surface area contributed by atoms with Crippen molar-refractivity contribution in [2.24, 2.45) is 0 Å². The molecule has 2 aliphatic rings. The number of hydrogen-bond donors (Lipinski definition) is 3. The van der Waals surface area contributed by atoms with Gasteiger partial charge in [-0.2, -0.15) is 0 Å². The van der Waals surface area contributed by atoms with Crippen molar-refractivity contribution in [3.05, 3.63) is 29.6 Å². The second-order valence-corrected chi connectivity index (χ2v) is 6.72. The summed E-state index contributed by atoms with van der Waals surface area (Å²) in [5.41, 5.74) is 1.34. The maximum Gasteiger partial charge on any atom is 0.237 e. The zero-order chi connectivity index (χ0) is 16.9. The van der Waals surface area contributed by atoms with Gasteiger partial charge in [-0.05, 0) is 49.9 Å². The first-order valence-corrected chi connectivity index (χ1v) is 8.86. The maximum atomic E-state index is 14.4. The fourth-order valence-corrected chi connectivity index (χ4v) is 3.41. The molecule has 3 rings (SSSR count). The summed E-state index contributed by atoms with van der Waals surface area (Å²) in [6.45, 7) is 2.56. The molecule has 132 valence electrons. The van der Waals surface area contributed by atoms with Crippen LogP contribution in [0.4, 0.5) is 10.1 Å². The van der Waals surface area contributed by atoms with Crippen LogP contribution in [-0.4, -0.2) is 42.8 Å². The number of amides is 1. The zero-order valence-corrected chi connectivity index (χ0v) is 13.9. The van der Waals surface area contributed by atoms with Crippen molar-refractivity contribution in [3.63, 3.8) is 0 Å². The van der Waals surface area contributed by atoms with E-state index in [1.165, 1.54) is 6.07 Å². The van der Waals surface area contributed by atoms with Gasteiger partial charge in [-0.3, -0.25) is 4.79 Å². The average Bonchev–Trinajstić information content (AvgIpc) is 2.61. The summed E-state index contributed by atoms with van der Waals surface area (Å²) < 4.78 is 14.4. The molecule has 1 aromatic rings. The number of nitrogens with one attached hydrogen (secondary N) is 2. The minimum absolute atomic E-state index is 0.01000. The van der Waals surface area contributed by atoms with Gasteiger partial charge < -0.3 is 20.6 Å². The van der Waals surface area contributed by atoms with Crippen LogP contribution in [0.15, 0.2) is 18.2 Å². The van der Waals surface area contributed by atoms with Crippen molar-refractivity contribution in [1.82, 2.24) is 10.6 Å². The lowest BCUT2D eigenvalue weighted by Crippen LogP contribution is -2.46. The summed E-state index contributed by atoms with van der Waals surface area (Å²) in [7, 11) is 0. The summed E-state index contributed by atoms with van der Waals surface area (Å²) in [4.78, 5) is 14.1. The maximum absolute atomic E-state index is 14.4. The van der Waals surface area contributed by atoms with Crippen molar-refractivity contribution in [1.29, 1.82) is 0 Å². The summed E-state index contributed by atoms with van der Waals surface area (Å²) in [6, 6.07) is 5.00. The number of anilines is 1. The van der Waals surface area contributed by atoms with Crippen molar-refractivity contribution < 1.29 is 14.3 Å². The highest BCUT2D eigenvalue weighted by Crippen LogP contribution is 2.24. The van der Waals surface area contributed by atoms with Crippen molar-refractivity contribution in [2.75, 3.05) is 24.5 Å². The molecule has 24 heavy (non-hydrogen) atoms. The number of carbonyl (C=O) groups excluding carboxylic acids is 1. The largest absolute Gasteiger partial charge is 0.393 e. The van der Waals surface area contributed by atoms with E-state index in [-0.39, 0.29) is 23.9 Å². The number of rotatable bonds is 4. The third-order valence-electron chi connectivity index (χ3n) is 4.91. The zero-order valence-electron chi connectivity index (χ0n) is 13.9. The van der Waals surface area contributed by atoms with Gasteiger partial charge in [0.1, 0.15) is 5.82 Å². The number of carbonyl (C=O) groups is 1. The Kier molecular flexibility index (Phi) is 5.68. The highest BCUT2D eigenvalue weighted by atomic mass is 19.1. The first-order chi connectivity index (χ1) is 11.6. The van der Waals surface area contributed by atoms with Crippen LogP contribution in [-0.2, 0) is 11.3 Å². The van der Waals surface area contributed by atoms with Crippen LogP contribution >= 0.6 is 0 Å². The van der Waals surface area contributed by atoms with Crippen LogP contribution in [0.25, 0.3) is 0 Å². The lowest BCUT2D eigenvalue weighted by atomic mass is 10.0. The molecule has 0 bridgehead atoms. The van der Waals surface area contributed by atoms with Crippen LogP contribution in [0.5, 0.6) is 0 Å². The van der Waals surface area contributed by atoms with Gasteiger partial charge in [0.2, 0.25) is 5.91 Å². The van der Waals surface area contributed by atoms with E-state index in [1.807, 2.05) is 11.0 Å². The molecule has 2 aliphatic heterocycles. The SMILES string of the molecule is O=C(NCc1ccc(N2CCC(O)CC2)c(F)c1)C1CCCCN1. The number of hydrogen-bond acceptors (Lipinski definition) is 4. The van der Waals surface area contributed by atoms with E-state index in [1.54, 1.807) is 6.07 Å². The van der Waals surface area contributed by atoms with Crippen molar-refractivity contribution >= 4 is 11.6 Å². The second kappa shape index (κ2) is 7.94. The minimum atomic E-state index is -0.271. The van der Waals surface area contributed by atoms with Gasteiger partial charge in [-0.25, -0.2) is 4.39 Å². The minimum Gasteiger partial charge on any atom is -0.393 e. The number of nitrogens with zero attached hydrogens (tertiary/aromatic N) is 1. The molecule has 0 spiro atoms. The molecule has 1 atom stereocenters. The molecular weight excluding hydrogens is 309 g/mol. The topological polar surface area (TPSA) is 64.6 Å². The lowest BCUT2D eigenvalue weighted by molar-refractivity contribution is -0.123. The van der Waals surface area contributed by atoms with Crippen molar-refractivity contribution in [2.45, 2.75) is 50.8 Å². The number of piperidine rings is 2. The average molecular weight is 335 g/mol. The second-order valence-electron chi connectivity index (χ2n) is 6.72. The number of aliphatic hydroxyl groups excluding tert-OH is 1. The highest BCUT2D eigenvalue weighted by molar-refractivity contribution is 5.81.